The molecule has 0 fully saturated rings. The van der Waals surface area contributed by atoms with Gasteiger partial charge in [-0.3, -0.25) is 4.79 Å². The zero-order valence-corrected chi connectivity index (χ0v) is 9.08. The molecule has 0 atom stereocenters. The normalized spacial score (nSPS) is 15.5. The molecular weight excluding hydrogens is 178 g/mol. The first-order chi connectivity index (χ1) is 6.77. The van der Waals surface area contributed by atoms with Gasteiger partial charge in [0.2, 0.25) is 0 Å². The summed E-state index contributed by atoms with van der Waals surface area (Å²) in [6.45, 7) is 7.74. The van der Waals surface area contributed by atoms with E-state index in [1.807, 2.05) is 6.08 Å². The molecule has 0 aromatic heterocycles. The number of nitrogens with zero attached hydrogens (tertiary/aromatic N) is 1. The van der Waals surface area contributed by atoms with Crippen molar-refractivity contribution in [2.45, 2.75) is 26.7 Å². The van der Waals surface area contributed by atoms with Gasteiger partial charge >= 0.3 is 0 Å². The van der Waals surface area contributed by atoms with Gasteiger partial charge in [0.15, 0.2) is 11.5 Å². The molecule has 1 heterocycles. The number of ether oxygens (including phenoxy) is 1. The van der Waals surface area contributed by atoms with Gasteiger partial charge < -0.3 is 9.64 Å². The lowest BCUT2D eigenvalue weighted by Crippen LogP contribution is -2.26. The highest BCUT2D eigenvalue weighted by Gasteiger charge is 2.15. The third kappa shape index (κ3) is 3.14. The lowest BCUT2D eigenvalue weighted by Gasteiger charge is -2.17. The number of ketones is 1. The Morgan fingerprint density at radius 2 is 2.21 bits per heavy atom. The Hall–Kier alpha value is -0.830. The fraction of sp³-hybridized carbons (Fsp3) is 0.727. The van der Waals surface area contributed by atoms with Crippen molar-refractivity contribution in [3.8, 4) is 0 Å². The van der Waals surface area contributed by atoms with Crippen LogP contribution in [0.1, 0.15) is 26.7 Å². The summed E-state index contributed by atoms with van der Waals surface area (Å²) in [4.78, 5) is 13.8. The van der Waals surface area contributed by atoms with E-state index in [0.29, 0.717) is 18.8 Å². The predicted octanol–water partition coefficient (Wildman–Crippen LogP) is 1.59. The van der Waals surface area contributed by atoms with Crippen LogP contribution in [0, 0.1) is 0 Å². The minimum absolute atomic E-state index is 0.148. The molecule has 1 aliphatic heterocycles. The number of allylic oxidation sites excluding steroid dienone is 1. The Morgan fingerprint density at radius 3 is 2.71 bits per heavy atom. The standard InChI is InChI=1S/C11H19NO2/c1-3-12(4-2)8-7-10(13)11-6-5-9-14-11/h6H,3-5,7-9H2,1-2H3. The van der Waals surface area contributed by atoms with E-state index in [1.54, 1.807) is 0 Å². The second-order valence-corrected chi connectivity index (χ2v) is 3.41. The highest BCUT2D eigenvalue weighted by molar-refractivity contribution is 5.93. The summed E-state index contributed by atoms with van der Waals surface area (Å²) < 4.78 is 5.21. The molecule has 0 bridgehead atoms. The van der Waals surface area contributed by atoms with E-state index >= 15 is 0 Å². The van der Waals surface area contributed by atoms with E-state index in [9.17, 15) is 4.79 Å². The Kier molecular flexibility index (Phi) is 4.66. The fourth-order valence-electron chi connectivity index (χ4n) is 1.53. The minimum atomic E-state index is 0.148. The second-order valence-electron chi connectivity index (χ2n) is 3.41. The average Bonchev–Trinajstić information content (AvgIpc) is 2.72. The van der Waals surface area contributed by atoms with Gasteiger partial charge in [0.25, 0.3) is 0 Å². The van der Waals surface area contributed by atoms with Crippen LogP contribution in [0.5, 0.6) is 0 Å². The van der Waals surface area contributed by atoms with Gasteiger partial charge in [-0.2, -0.15) is 0 Å². The molecule has 1 aliphatic rings. The van der Waals surface area contributed by atoms with Gasteiger partial charge in [0.05, 0.1) is 6.61 Å². The monoisotopic (exact) mass is 197 g/mol. The molecule has 0 radical (unpaired) electrons. The zero-order chi connectivity index (χ0) is 10.4. The lowest BCUT2D eigenvalue weighted by molar-refractivity contribution is -0.118. The van der Waals surface area contributed by atoms with Crippen molar-refractivity contribution in [1.29, 1.82) is 0 Å². The van der Waals surface area contributed by atoms with Gasteiger partial charge in [0, 0.05) is 19.4 Å². The van der Waals surface area contributed by atoms with Gasteiger partial charge in [-0.05, 0) is 19.2 Å². The third-order valence-corrected chi connectivity index (χ3v) is 2.53. The molecule has 0 aromatic carbocycles. The largest absolute Gasteiger partial charge is 0.490 e. The lowest BCUT2D eigenvalue weighted by atomic mass is 10.2. The summed E-state index contributed by atoms with van der Waals surface area (Å²) in [6, 6.07) is 0. The molecule has 0 spiro atoms. The number of carbonyl (C=O) groups excluding carboxylic acids is 1. The van der Waals surface area contributed by atoms with E-state index < -0.39 is 0 Å². The maximum atomic E-state index is 11.6. The number of hydrogen-bond acceptors (Lipinski definition) is 3. The van der Waals surface area contributed by atoms with Crippen LogP contribution in [0.3, 0.4) is 0 Å². The maximum absolute atomic E-state index is 11.6. The molecule has 80 valence electrons. The first-order valence-electron chi connectivity index (χ1n) is 5.36. The van der Waals surface area contributed by atoms with E-state index in [1.165, 1.54) is 0 Å². The molecule has 1 rings (SSSR count). The van der Waals surface area contributed by atoms with Crippen molar-refractivity contribution in [2.24, 2.45) is 0 Å². The second kappa shape index (κ2) is 5.81. The molecule has 0 aromatic rings. The van der Waals surface area contributed by atoms with E-state index in [-0.39, 0.29) is 5.78 Å². The Labute approximate surface area is 85.7 Å². The fourth-order valence-corrected chi connectivity index (χ4v) is 1.53. The van der Waals surface area contributed by atoms with Crippen LogP contribution in [-0.4, -0.2) is 36.9 Å². The van der Waals surface area contributed by atoms with E-state index in [4.69, 9.17) is 4.74 Å². The van der Waals surface area contributed by atoms with E-state index in [2.05, 4.69) is 18.7 Å². The molecular formula is C11H19NO2. The quantitative estimate of drug-likeness (QED) is 0.647. The molecule has 0 aliphatic carbocycles. The maximum Gasteiger partial charge on any atom is 0.198 e. The van der Waals surface area contributed by atoms with Gasteiger partial charge in [-0.1, -0.05) is 13.8 Å². The molecule has 3 heteroatoms. The predicted molar refractivity (Wildman–Crippen MR) is 56.1 cm³/mol. The minimum Gasteiger partial charge on any atom is -0.490 e. The number of carbonyl (C=O) groups is 1. The molecule has 0 saturated heterocycles. The Balaban J connectivity index is 2.26. The van der Waals surface area contributed by atoms with Crippen LogP contribution < -0.4 is 0 Å². The molecule has 0 N–H and O–H groups in total. The molecule has 14 heavy (non-hydrogen) atoms. The smallest absolute Gasteiger partial charge is 0.198 e. The van der Waals surface area contributed by atoms with Crippen molar-refractivity contribution >= 4 is 5.78 Å². The summed E-state index contributed by atoms with van der Waals surface area (Å²) in [5, 5.41) is 0. The van der Waals surface area contributed by atoms with Crippen molar-refractivity contribution in [3.05, 3.63) is 11.8 Å². The summed E-state index contributed by atoms with van der Waals surface area (Å²) in [5.74, 6) is 0.728. The number of rotatable bonds is 6. The third-order valence-electron chi connectivity index (χ3n) is 2.53. The SMILES string of the molecule is CCN(CC)CCC(=O)C1=CCCO1. The topological polar surface area (TPSA) is 29.5 Å². The van der Waals surface area contributed by atoms with Crippen LogP contribution in [0.4, 0.5) is 0 Å². The first kappa shape index (κ1) is 11.2. The molecule has 3 nitrogen and oxygen atoms in total. The van der Waals surface area contributed by atoms with Gasteiger partial charge in [0.1, 0.15) is 0 Å². The van der Waals surface area contributed by atoms with Gasteiger partial charge in [-0.15, -0.1) is 0 Å². The van der Waals surface area contributed by atoms with Crippen molar-refractivity contribution < 1.29 is 9.53 Å². The molecule has 0 unspecified atom stereocenters. The Bertz CT molecular complexity index is 219. The van der Waals surface area contributed by atoms with Gasteiger partial charge in [-0.25, -0.2) is 0 Å². The first-order valence-corrected chi connectivity index (χ1v) is 5.36. The van der Waals surface area contributed by atoms with E-state index in [0.717, 1.165) is 26.1 Å². The molecule has 0 saturated carbocycles. The van der Waals surface area contributed by atoms with Crippen molar-refractivity contribution in [1.82, 2.24) is 4.90 Å². The highest BCUT2D eigenvalue weighted by Crippen LogP contribution is 2.11. The van der Waals surface area contributed by atoms with Crippen LogP contribution in [0.25, 0.3) is 0 Å². The van der Waals surface area contributed by atoms with Crippen molar-refractivity contribution in [3.63, 3.8) is 0 Å². The van der Waals surface area contributed by atoms with Crippen LogP contribution in [0.2, 0.25) is 0 Å². The summed E-state index contributed by atoms with van der Waals surface area (Å²) in [6.07, 6.45) is 3.35. The highest BCUT2D eigenvalue weighted by atomic mass is 16.5. The summed E-state index contributed by atoms with van der Waals surface area (Å²) in [5.41, 5.74) is 0. The van der Waals surface area contributed by atoms with Crippen LogP contribution >= 0.6 is 0 Å². The van der Waals surface area contributed by atoms with Crippen molar-refractivity contribution in [2.75, 3.05) is 26.2 Å². The Morgan fingerprint density at radius 1 is 1.50 bits per heavy atom. The average molecular weight is 197 g/mol. The zero-order valence-electron chi connectivity index (χ0n) is 9.08. The summed E-state index contributed by atoms with van der Waals surface area (Å²) in [7, 11) is 0. The number of hydrogen-bond donors (Lipinski definition) is 0. The number of Topliss-reactive ketones (excluding diaryl/α,β-unsaturated/α-hetero) is 1. The van der Waals surface area contributed by atoms with Crippen LogP contribution in [0.15, 0.2) is 11.8 Å². The molecule has 0 amide bonds. The van der Waals surface area contributed by atoms with Crippen LogP contribution in [-0.2, 0) is 9.53 Å². The summed E-state index contributed by atoms with van der Waals surface area (Å²) >= 11 is 0.